The zero-order valence-corrected chi connectivity index (χ0v) is 10.5. The van der Waals surface area contributed by atoms with Gasteiger partial charge < -0.3 is 0 Å². The molecule has 0 aliphatic carbocycles. The summed E-state index contributed by atoms with van der Waals surface area (Å²) in [7, 11) is 0. The number of hydrogen-bond donors (Lipinski definition) is 0. The van der Waals surface area contributed by atoms with Gasteiger partial charge in [0, 0.05) is 10.0 Å². The van der Waals surface area contributed by atoms with Crippen molar-refractivity contribution in [1.29, 1.82) is 0 Å². The Hall–Kier alpha value is -0.340. The largest absolute Gasteiger partial charge is 0.294 e. The molecule has 2 heterocycles. The number of halogens is 1. The van der Waals surface area contributed by atoms with Crippen LogP contribution in [0.4, 0.5) is 0 Å². The van der Waals surface area contributed by atoms with Crippen LogP contribution in [0.2, 0.25) is 0 Å². The monoisotopic (exact) mass is 265 g/mol. The van der Waals surface area contributed by atoms with Crippen LogP contribution in [0.1, 0.15) is 31.2 Å². The highest BCUT2D eigenvalue weighted by Crippen LogP contribution is 2.48. The van der Waals surface area contributed by atoms with Crippen LogP contribution in [0.5, 0.6) is 0 Å². The van der Waals surface area contributed by atoms with Crippen LogP contribution in [0.25, 0.3) is 0 Å². The molecule has 1 aromatic carbocycles. The minimum atomic E-state index is 0.375. The lowest BCUT2D eigenvalue weighted by Crippen LogP contribution is -2.35. The molecule has 0 atom stereocenters. The van der Waals surface area contributed by atoms with Crippen molar-refractivity contribution in [2.24, 2.45) is 0 Å². The van der Waals surface area contributed by atoms with Crippen molar-refractivity contribution in [2.75, 3.05) is 13.1 Å². The molecule has 0 N–H and O–H groups in total. The van der Waals surface area contributed by atoms with E-state index in [-0.39, 0.29) is 0 Å². The lowest BCUT2D eigenvalue weighted by atomic mass is 9.86. The van der Waals surface area contributed by atoms with Gasteiger partial charge in [0.25, 0.3) is 0 Å². The van der Waals surface area contributed by atoms with Gasteiger partial charge in [-0.25, -0.2) is 0 Å². The smallest absolute Gasteiger partial charge is 0.0472 e. The highest BCUT2D eigenvalue weighted by Gasteiger charge is 2.46. The minimum absolute atomic E-state index is 0.375. The molecule has 2 heteroatoms. The summed E-state index contributed by atoms with van der Waals surface area (Å²) in [5.41, 5.74) is 1.89. The molecule has 3 rings (SSSR count). The highest BCUT2D eigenvalue weighted by molar-refractivity contribution is 9.10. The quantitative estimate of drug-likeness (QED) is 0.751. The van der Waals surface area contributed by atoms with Crippen LogP contribution in [0.3, 0.4) is 0 Å². The standard InChI is InChI=1S/C13H16BrN/c14-12-6-2-1-5-11(12)13-7-3-9-15(13)10-4-8-13/h1-2,5-6H,3-4,7-10H2. The Morgan fingerprint density at radius 2 is 1.73 bits per heavy atom. The van der Waals surface area contributed by atoms with E-state index in [1.165, 1.54) is 48.8 Å². The van der Waals surface area contributed by atoms with Gasteiger partial charge in [0.2, 0.25) is 0 Å². The maximum atomic E-state index is 3.71. The number of rotatable bonds is 1. The maximum Gasteiger partial charge on any atom is 0.0472 e. The summed E-state index contributed by atoms with van der Waals surface area (Å²) in [5.74, 6) is 0. The van der Waals surface area contributed by atoms with Crippen LogP contribution in [0.15, 0.2) is 28.7 Å². The van der Waals surface area contributed by atoms with Crippen molar-refractivity contribution >= 4 is 15.9 Å². The Balaban J connectivity index is 2.08. The third-order valence-electron chi connectivity index (χ3n) is 4.02. The number of benzene rings is 1. The van der Waals surface area contributed by atoms with E-state index in [1.54, 1.807) is 0 Å². The van der Waals surface area contributed by atoms with Gasteiger partial charge in [0.05, 0.1) is 0 Å². The van der Waals surface area contributed by atoms with E-state index < -0.39 is 0 Å². The van der Waals surface area contributed by atoms with Crippen molar-refractivity contribution in [1.82, 2.24) is 4.90 Å². The second kappa shape index (κ2) is 3.60. The molecule has 0 spiro atoms. The molecule has 2 fully saturated rings. The molecule has 0 bridgehead atoms. The summed E-state index contributed by atoms with van der Waals surface area (Å²) in [4.78, 5) is 2.69. The molecule has 15 heavy (non-hydrogen) atoms. The predicted octanol–water partition coefficient (Wildman–Crippen LogP) is 3.53. The second-order valence-corrected chi connectivity index (χ2v) is 5.56. The van der Waals surface area contributed by atoms with Gasteiger partial charge in [-0.05, 0) is 50.4 Å². The maximum absolute atomic E-state index is 3.71. The zero-order valence-electron chi connectivity index (χ0n) is 8.88. The van der Waals surface area contributed by atoms with Crippen molar-refractivity contribution in [3.63, 3.8) is 0 Å². The molecule has 2 aliphatic rings. The molecule has 1 nitrogen and oxygen atoms in total. The van der Waals surface area contributed by atoms with E-state index in [9.17, 15) is 0 Å². The average molecular weight is 266 g/mol. The van der Waals surface area contributed by atoms with E-state index in [4.69, 9.17) is 0 Å². The van der Waals surface area contributed by atoms with Crippen LogP contribution >= 0.6 is 15.9 Å². The van der Waals surface area contributed by atoms with Crippen molar-refractivity contribution < 1.29 is 0 Å². The normalized spacial score (nSPS) is 24.3. The fraction of sp³-hybridized carbons (Fsp3) is 0.538. The molecule has 80 valence electrons. The molecule has 0 saturated carbocycles. The second-order valence-electron chi connectivity index (χ2n) is 4.71. The molecule has 0 radical (unpaired) electrons. The van der Waals surface area contributed by atoms with E-state index in [2.05, 4.69) is 45.1 Å². The Bertz CT molecular complexity index is 365. The van der Waals surface area contributed by atoms with Crippen molar-refractivity contribution in [3.05, 3.63) is 34.3 Å². The Labute approximate surface area is 99.6 Å². The number of fused-ring (bicyclic) bond motifs is 1. The third kappa shape index (κ3) is 1.38. The van der Waals surface area contributed by atoms with Crippen LogP contribution < -0.4 is 0 Å². The van der Waals surface area contributed by atoms with E-state index in [1.807, 2.05) is 0 Å². The molecule has 0 amide bonds. The Kier molecular flexibility index (Phi) is 2.37. The zero-order chi connectivity index (χ0) is 10.3. The van der Waals surface area contributed by atoms with E-state index in [0.29, 0.717) is 5.54 Å². The summed E-state index contributed by atoms with van der Waals surface area (Å²) in [5, 5.41) is 0. The van der Waals surface area contributed by atoms with Crippen molar-refractivity contribution in [2.45, 2.75) is 31.2 Å². The van der Waals surface area contributed by atoms with Gasteiger partial charge in [-0.15, -0.1) is 0 Å². The fourth-order valence-corrected chi connectivity index (χ4v) is 4.04. The van der Waals surface area contributed by atoms with E-state index >= 15 is 0 Å². The van der Waals surface area contributed by atoms with Crippen LogP contribution in [-0.4, -0.2) is 18.0 Å². The molecular weight excluding hydrogens is 250 g/mol. The van der Waals surface area contributed by atoms with Crippen LogP contribution in [-0.2, 0) is 5.54 Å². The first-order valence-corrected chi connectivity index (χ1v) is 6.62. The Morgan fingerprint density at radius 1 is 1.07 bits per heavy atom. The minimum Gasteiger partial charge on any atom is -0.294 e. The Morgan fingerprint density at radius 3 is 2.40 bits per heavy atom. The summed E-state index contributed by atoms with van der Waals surface area (Å²) in [6.45, 7) is 2.59. The first-order chi connectivity index (χ1) is 7.33. The average Bonchev–Trinajstić information content (AvgIpc) is 2.77. The summed E-state index contributed by atoms with van der Waals surface area (Å²) < 4.78 is 1.29. The highest BCUT2D eigenvalue weighted by atomic mass is 79.9. The molecule has 1 aromatic rings. The number of hydrogen-bond acceptors (Lipinski definition) is 1. The lowest BCUT2D eigenvalue weighted by Gasteiger charge is -2.33. The van der Waals surface area contributed by atoms with Crippen LogP contribution in [0, 0.1) is 0 Å². The van der Waals surface area contributed by atoms with Gasteiger partial charge in [0.15, 0.2) is 0 Å². The van der Waals surface area contributed by atoms with Crippen molar-refractivity contribution in [3.8, 4) is 0 Å². The van der Waals surface area contributed by atoms with Gasteiger partial charge in [-0.2, -0.15) is 0 Å². The van der Waals surface area contributed by atoms with Gasteiger partial charge >= 0.3 is 0 Å². The molecule has 0 unspecified atom stereocenters. The SMILES string of the molecule is Brc1ccccc1C12CCCN1CCC2. The summed E-state index contributed by atoms with van der Waals surface area (Å²) in [6, 6.07) is 8.76. The van der Waals surface area contributed by atoms with Gasteiger partial charge in [-0.1, -0.05) is 34.1 Å². The predicted molar refractivity (Wildman–Crippen MR) is 65.9 cm³/mol. The molecule has 0 aromatic heterocycles. The summed E-state index contributed by atoms with van der Waals surface area (Å²) in [6.07, 6.45) is 5.41. The number of nitrogens with zero attached hydrogens (tertiary/aromatic N) is 1. The molecule has 2 saturated heterocycles. The molecular formula is C13H16BrN. The summed E-state index contributed by atoms with van der Waals surface area (Å²) >= 11 is 3.71. The first kappa shape index (κ1) is 9.86. The van der Waals surface area contributed by atoms with E-state index in [0.717, 1.165) is 0 Å². The van der Waals surface area contributed by atoms with Gasteiger partial charge in [-0.3, -0.25) is 4.90 Å². The first-order valence-electron chi connectivity index (χ1n) is 5.83. The van der Waals surface area contributed by atoms with Gasteiger partial charge in [0.1, 0.15) is 0 Å². The fourth-order valence-electron chi connectivity index (χ4n) is 3.38. The molecule has 2 aliphatic heterocycles. The third-order valence-corrected chi connectivity index (χ3v) is 4.71. The lowest BCUT2D eigenvalue weighted by molar-refractivity contribution is 0.196. The topological polar surface area (TPSA) is 3.24 Å².